The molecule has 1 N–H and O–H groups in total. The van der Waals surface area contributed by atoms with Crippen LogP contribution >= 0.6 is 12.4 Å². The zero-order valence-electron chi connectivity index (χ0n) is 12.2. The van der Waals surface area contributed by atoms with E-state index in [2.05, 4.69) is 22.3 Å². The van der Waals surface area contributed by atoms with Crippen LogP contribution in [0.4, 0.5) is 0 Å². The molecule has 0 aromatic carbocycles. The maximum absolute atomic E-state index is 5.22. The van der Waals surface area contributed by atoms with Crippen molar-refractivity contribution in [1.29, 1.82) is 0 Å². The van der Waals surface area contributed by atoms with Crippen LogP contribution in [0.2, 0.25) is 0 Å². The lowest BCUT2D eigenvalue weighted by atomic mass is 9.96. The quantitative estimate of drug-likeness (QED) is 0.904. The number of nitrogens with one attached hydrogen (secondary N) is 1. The van der Waals surface area contributed by atoms with E-state index in [0.717, 1.165) is 30.5 Å². The predicted molar refractivity (Wildman–Crippen MR) is 79.8 cm³/mol. The average Bonchev–Trinajstić information content (AvgIpc) is 2.70. The second-order valence-electron chi connectivity index (χ2n) is 5.33. The van der Waals surface area contributed by atoms with Gasteiger partial charge in [-0.2, -0.15) is 0 Å². The monoisotopic (exact) mass is 287 g/mol. The predicted octanol–water partition coefficient (Wildman–Crippen LogP) is 2.53. The zero-order valence-corrected chi connectivity index (χ0v) is 13.1. The number of piperidine rings is 1. The first-order valence-corrected chi connectivity index (χ1v) is 7.05. The van der Waals surface area contributed by atoms with Gasteiger partial charge in [0.2, 0.25) is 0 Å². The fourth-order valence-electron chi connectivity index (χ4n) is 2.65. The zero-order chi connectivity index (χ0) is 13.0. The van der Waals surface area contributed by atoms with Crippen molar-refractivity contribution in [3.8, 4) is 0 Å². The smallest absolute Gasteiger partial charge is 0.138 e. The summed E-state index contributed by atoms with van der Waals surface area (Å²) in [6.45, 7) is 11.9. The van der Waals surface area contributed by atoms with E-state index in [1.807, 2.05) is 13.8 Å². The molecule has 0 unspecified atom stereocenters. The average molecular weight is 288 g/mol. The third-order valence-electron chi connectivity index (χ3n) is 3.95. The topological polar surface area (TPSA) is 41.3 Å². The van der Waals surface area contributed by atoms with Gasteiger partial charge in [-0.1, -0.05) is 12.1 Å². The molecular weight excluding hydrogens is 262 g/mol. The minimum absolute atomic E-state index is 0. The molecule has 5 heteroatoms. The van der Waals surface area contributed by atoms with Gasteiger partial charge in [-0.15, -0.1) is 12.4 Å². The van der Waals surface area contributed by atoms with Crippen molar-refractivity contribution in [3.05, 3.63) is 17.0 Å². The molecule has 19 heavy (non-hydrogen) atoms. The molecule has 1 aliphatic rings. The summed E-state index contributed by atoms with van der Waals surface area (Å²) in [5.74, 6) is 1.83. The van der Waals surface area contributed by atoms with Crippen LogP contribution in [0.3, 0.4) is 0 Å². The first-order valence-electron chi connectivity index (χ1n) is 7.05. The first kappa shape index (κ1) is 16.5. The molecule has 1 aliphatic heterocycles. The number of hydrogen-bond acceptors (Lipinski definition) is 4. The van der Waals surface area contributed by atoms with Gasteiger partial charge >= 0.3 is 0 Å². The molecule has 1 fully saturated rings. The molecule has 0 aliphatic carbocycles. The fraction of sp³-hybridized carbons (Fsp3) is 0.786. The minimum atomic E-state index is 0. The van der Waals surface area contributed by atoms with Crippen LogP contribution in [0, 0.1) is 19.8 Å². The molecule has 4 nitrogen and oxygen atoms in total. The van der Waals surface area contributed by atoms with Gasteiger partial charge in [0, 0.05) is 12.1 Å². The Morgan fingerprint density at radius 1 is 1.32 bits per heavy atom. The second-order valence-corrected chi connectivity index (χ2v) is 5.33. The summed E-state index contributed by atoms with van der Waals surface area (Å²) in [5, 5.41) is 7.48. The lowest BCUT2D eigenvalue weighted by Crippen LogP contribution is -2.37. The van der Waals surface area contributed by atoms with Crippen LogP contribution in [0.5, 0.6) is 0 Å². The molecular formula is C14H26ClN3O. The van der Waals surface area contributed by atoms with Gasteiger partial charge in [-0.3, -0.25) is 4.90 Å². The number of nitrogens with zero attached hydrogens (tertiary/aromatic N) is 2. The van der Waals surface area contributed by atoms with Crippen molar-refractivity contribution in [3.63, 3.8) is 0 Å². The highest BCUT2D eigenvalue weighted by molar-refractivity contribution is 5.85. The molecule has 0 bridgehead atoms. The Morgan fingerprint density at radius 2 is 2.00 bits per heavy atom. The molecule has 2 rings (SSSR count). The third-order valence-corrected chi connectivity index (χ3v) is 3.95. The van der Waals surface area contributed by atoms with Crippen LogP contribution in [0.1, 0.15) is 36.8 Å². The number of hydrogen-bond donors (Lipinski definition) is 1. The highest BCUT2D eigenvalue weighted by atomic mass is 35.5. The fourth-order valence-corrected chi connectivity index (χ4v) is 2.65. The van der Waals surface area contributed by atoms with Crippen LogP contribution in [-0.2, 0) is 6.54 Å². The van der Waals surface area contributed by atoms with E-state index in [1.165, 1.54) is 38.0 Å². The maximum atomic E-state index is 5.22. The van der Waals surface area contributed by atoms with E-state index in [9.17, 15) is 0 Å². The molecule has 1 aromatic rings. The standard InChI is InChI=1S/C14H25N3O.ClH/c1-4-15-9-13-5-7-17(8-6-13)10-14-11(2)16-18-12(14)3;/h13,15H,4-10H2,1-3H3;1H. The molecule has 0 atom stereocenters. The van der Waals surface area contributed by atoms with Gasteiger partial charge in [0.05, 0.1) is 5.69 Å². The second kappa shape index (κ2) is 7.88. The van der Waals surface area contributed by atoms with Gasteiger partial charge in [0.25, 0.3) is 0 Å². The van der Waals surface area contributed by atoms with Crippen molar-refractivity contribution < 1.29 is 4.52 Å². The van der Waals surface area contributed by atoms with Crippen molar-refractivity contribution >= 4 is 12.4 Å². The summed E-state index contributed by atoms with van der Waals surface area (Å²) in [4.78, 5) is 2.52. The Kier molecular flexibility index (Phi) is 6.83. The number of aryl methyl sites for hydroxylation is 2. The molecule has 0 saturated carbocycles. The Bertz CT molecular complexity index is 353. The Balaban J connectivity index is 0.00000180. The molecule has 0 radical (unpaired) electrons. The van der Waals surface area contributed by atoms with E-state index < -0.39 is 0 Å². The highest BCUT2D eigenvalue weighted by Gasteiger charge is 2.20. The molecule has 0 spiro atoms. The van der Waals surface area contributed by atoms with Crippen LogP contribution < -0.4 is 5.32 Å². The maximum Gasteiger partial charge on any atom is 0.138 e. The molecule has 110 valence electrons. The van der Waals surface area contributed by atoms with E-state index in [4.69, 9.17) is 4.52 Å². The van der Waals surface area contributed by atoms with Gasteiger partial charge in [0.1, 0.15) is 5.76 Å². The van der Waals surface area contributed by atoms with Crippen molar-refractivity contribution in [2.45, 2.75) is 40.2 Å². The van der Waals surface area contributed by atoms with Crippen molar-refractivity contribution in [1.82, 2.24) is 15.4 Å². The minimum Gasteiger partial charge on any atom is -0.361 e. The summed E-state index contributed by atoms with van der Waals surface area (Å²) in [6.07, 6.45) is 2.60. The summed E-state index contributed by atoms with van der Waals surface area (Å²) in [6, 6.07) is 0. The third kappa shape index (κ3) is 4.48. The molecule has 2 heterocycles. The number of halogens is 1. The summed E-state index contributed by atoms with van der Waals surface area (Å²) in [7, 11) is 0. The summed E-state index contributed by atoms with van der Waals surface area (Å²) < 4.78 is 5.22. The van der Waals surface area contributed by atoms with Gasteiger partial charge in [-0.05, 0) is 58.8 Å². The van der Waals surface area contributed by atoms with E-state index in [1.54, 1.807) is 0 Å². The van der Waals surface area contributed by atoms with Crippen LogP contribution in [0.25, 0.3) is 0 Å². The van der Waals surface area contributed by atoms with Gasteiger partial charge in [0.15, 0.2) is 0 Å². The molecule has 1 saturated heterocycles. The Labute approximate surface area is 122 Å². The first-order chi connectivity index (χ1) is 8.70. The highest BCUT2D eigenvalue weighted by Crippen LogP contribution is 2.21. The summed E-state index contributed by atoms with van der Waals surface area (Å²) >= 11 is 0. The number of rotatable bonds is 5. The Morgan fingerprint density at radius 3 is 2.53 bits per heavy atom. The van der Waals surface area contributed by atoms with E-state index in [-0.39, 0.29) is 12.4 Å². The van der Waals surface area contributed by atoms with Gasteiger partial charge < -0.3 is 9.84 Å². The van der Waals surface area contributed by atoms with Crippen LogP contribution in [-0.4, -0.2) is 36.2 Å². The SMILES string of the molecule is CCNCC1CCN(Cc2c(C)noc2C)CC1.Cl. The molecule has 1 aromatic heterocycles. The lowest BCUT2D eigenvalue weighted by molar-refractivity contribution is 0.175. The van der Waals surface area contributed by atoms with Gasteiger partial charge in [-0.25, -0.2) is 0 Å². The number of aromatic nitrogens is 1. The molecule has 0 amide bonds. The van der Waals surface area contributed by atoms with E-state index >= 15 is 0 Å². The largest absolute Gasteiger partial charge is 0.361 e. The lowest BCUT2D eigenvalue weighted by Gasteiger charge is -2.31. The van der Waals surface area contributed by atoms with E-state index in [0.29, 0.717) is 0 Å². The van der Waals surface area contributed by atoms with Crippen molar-refractivity contribution in [2.24, 2.45) is 5.92 Å². The Hall–Kier alpha value is -0.580. The summed E-state index contributed by atoms with van der Waals surface area (Å²) in [5.41, 5.74) is 2.32. The number of likely N-dealkylation sites (tertiary alicyclic amines) is 1. The van der Waals surface area contributed by atoms with Crippen molar-refractivity contribution in [2.75, 3.05) is 26.2 Å². The van der Waals surface area contributed by atoms with Crippen LogP contribution in [0.15, 0.2) is 4.52 Å². The normalized spacial score (nSPS) is 17.4.